The van der Waals surface area contributed by atoms with Crippen molar-refractivity contribution < 1.29 is 4.79 Å². The lowest BCUT2D eigenvalue weighted by molar-refractivity contribution is 0.0978. The molecule has 6 heteroatoms. The number of hydrogen-bond donors (Lipinski definition) is 0. The predicted octanol–water partition coefficient (Wildman–Crippen LogP) is 3.02. The van der Waals surface area contributed by atoms with Gasteiger partial charge in [-0.3, -0.25) is 4.79 Å². The lowest BCUT2D eigenvalue weighted by Crippen LogP contribution is -2.31. The standard InChI is InChI=1S/C18H21N5O/c1-6-22(15-8-11(2)7-12(3)9-15)17(24)16-20-18-19-13(4)10-14(5)23(18)21-16/h7-10H,6H2,1-5H3. The molecule has 3 aromatic rings. The van der Waals surface area contributed by atoms with E-state index in [2.05, 4.69) is 21.1 Å². The fourth-order valence-electron chi connectivity index (χ4n) is 2.93. The summed E-state index contributed by atoms with van der Waals surface area (Å²) in [4.78, 5) is 23.3. The minimum Gasteiger partial charge on any atom is -0.306 e. The molecule has 0 fully saturated rings. The van der Waals surface area contributed by atoms with Crippen LogP contribution in [-0.4, -0.2) is 32.0 Å². The minimum absolute atomic E-state index is 0.164. The smallest absolute Gasteiger partial charge is 0.298 e. The third-order valence-electron chi connectivity index (χ3n) is 3.89. The van der Waals surface area contributed by atoms with Crippen LogP contribution in [0.5, 0.6) is 0 Å². The van der Waals surface area contributed by atoms with E-state index in [4.69, 9.17) is 0 Å². The molecular formula is C18H21N5O. The van der Waals surface area contributed by atoms with Crippen LogP contribution in [0.2, 0.25) is 0 Å². The van der Waals surface area contributed by atoms with Gasteiger partial charge in [0.1, 0.15) is 0 Å². The summed E-state index contributed by atoms with van der Waals surface area (Å²) in [7, 11) is 0. The van der Waals surface area contributed by atoms with Crippen LogP contribution in [0.1, 0.15) is 40.1 Å². The van der Waals surface area contributed by atoms with Gasteiger partial charge in [-0.1, -0.05) is 6.07 Å². The number of carbonyl (C=O) groups excluding carboxylic acids is 1. The Balaban J connectivity index is 2.04. The highest BCUT2D eigenvalue weighted by Crippen LogP contribution is 2.20. The molecule has 1 amide bonds. The summed E-state index contributed by atoms with van der Waals surface area (Å²) in [5.74, 6) is 0.398. The van der Waals surface area contributed by atoms with E-state index in [1.807, 2.05) is 52.8 Å². The third kappa shape index (κ3) is 2.87. The topological polar surface area (TPSA) is 63.4 Å². The van der Waals surface area contributed by atoms with E-state index < -0.39 is 0 Å². The Labute approximate surface area is 141 Å². The number of nitrogens with zero attached hydrogens (tertiary/aromatic N) is 5. The maximum Gasteiger partial charge on any atom is 0.298 e. The van der Waals surface area contributed by atoms with Crippen molar-refractivity contribution in [1.29, 1.82) is 0 Å². The molecule has 1 aromatic carbocycles. The van der Waals surface area contributed by atoms with Gasteiger partial charge in [-0.05, 0) is 63.9 Å². The summed E-state index contributed by atoms with van der Waals surface area (Å²) >= 11 is 0. The largest absolute Gasteiger partial charge is 0.306 e. The van der Waals surface area contributed by atoms with Crippen LogP contribution >= 0.6 is 0 Å². The second kappa shape index (κ2) is 6.03. The summed E-state index contributed by atoms with van der Waals surface area (Å²) in [6.45, 7) is 10.4. The number of aryl methyl sites for hydroxylation is 4. The van der Waals surface area contributed by atoms with Crippen molar-refractivity contribution in [2.45, 2.75) is 34.6 Å². The molecule has 0 atom stereocenters. The molecule has 24 heavy (non-hydrogen) atoms. The quantitative estimate of drug-likeness (QED) is 0.743. The highest BCUT2D eigenvalue weighted by atomic mass is 16.2. The Bertz CT molecular complexity index is 908. The lowest BCUT2D eigenvalue weighted by atomic mass is 10.1. The Morgan fingerprint density at radius 2 is 1.71 bits per heavy atom. The van der Waals surface area contributed by atoms with Crippen LogP contribution in [0.15, 0.2) is 24.3 Å². The van der Waals surface area contributed by atoms with Crippen molar-refractivity contribution in [1.82, 2.24) is 19.6 Å². The highest BCUT2D eigenvalue weighted by molar-refractivity contribution is 6.03. The number of fused-ring (bicyclic) bond motifs is 1. The van der Waals surface area contributed by atoms with Crippen molar-refractivity contribution in [2.75, 3.05) is 11.4 Å². The fourth-order valence-corrected chi connectivity index (χ4v) is 2.93. The molecule has 0 aliphatic rings. The number of carbonyl (C=O) groups is 1. The van der Waals surface area contributed by atoms with Gasteiger partial charge in [0.25, 0.3) is 11.7 Å². The van der Waals surface area contributed by atoms with E-state index in [0.717, 1.165) is 28.2 Å². The van der Waals surface area contributed by atoms with Gasteiger partial charge in [0.05, 0.1) is 0 Å². The average molecular weight is 323 g/mol. The number of hydrogen-bond acceptors (Lipinski definition) is 4. The minimum atomic E-state index is -0.218. The lowest BCUT2D eigenvalue weighted by Gasteiger charge is -2.20. The normalized spacial score (nSPS) is 11.0. The van der Waals surface area contributed by atoms with Crippen LogP contribution < -0.4 is 4.90 Å². The van der Waals surface area contributed by atoms with Gasteiger partial charge in [0, 0.05) is 23.6 Å². The van der Waals surface area contributed by atoms with Gasteiger partial charge in [0.2, 0.25) is 5.82 Å². The van der Waals surface area contributed by atoms with Gasteiger partial charge in [-0.2, -0.15) is 4.98 Å². The molecule has 6 nitrogen and oxygen atoms in total. The monoisotopic (exact) mass is 323 g/mol. The molecule has 0 bridgehead atoms. The Hall–Kier alpha value is -2.76. The predicted molar refractivity (Wildman–Crippen MR) is 93.5 cm³/mol. The van der Waals surface area contributed by atoms with Crippen LogP contribution in [0.4, 0.5) is 5.69 Å². The first-order valence-corrected chi connectivity index (χ1v) is 8.00. The van der Waals surface area contributed by atoms with Crippen molar-refractivity contribution in [3.05, 3.63) is 52.6 Å². The first-order valence-electron chi connectivity index (χ1n) is 8.00. The molecular weight excluding hydrogens is 302 g/mol. The summed E-state index contributed by atoms with van der Waals surface area (Å²) in [5.41, 5.74) is 4.85. The maximum absolute atomic E-state index is 12.9. The van der Waals surface area contributed by atoms with E-state index in [1.54, 1.807) is 9.42 Å². The molecule has 0 N–H and O–H groups in total. The molecule has 2 heterocycles. The number of amides is 1. The molecule has 0 unspecified atom stereocenters. The Morgan fingerprint density at radius 1 is 1.04 bits per heavy atom. The average Bonchev–Trinajstić information content (AvgIpc) is 2.91. The van der Waals surface area contributed by atoms with Crippen LogP contribution in [0, 0.1) is 27.7 Å². The van der Waals surface area contributed by atoms with Crippen molar-refractivity contribution in [3.63, 3.8) is 0 Å². The van der Waals surface area contributed by atoms with E-state index in [0.29, 0.717) is 12.3 Å². The van der Waals surface area contributed by atoms with Gasteiger partial charge in [-0.15, -0.1) is 5.10 Å². The van der Waals surface area contributed by atoms with E-state index in [1.165, 1.54) is 0 Å². The first kappa shape index (κ1) is 16.1. The first-order chi connectivity index (χ1) is 11.4. The molecule has 0 aliphatic carbocycles. The Kier molecular flexibility index (Phi) is 4.05. The van der Waals surface area contributed by atoms with Crippen molar-refractivity contribution >= 4 is 17.4 Å². The van der Waals surface area contributed by atoms with Gasteiger partial charge in [-0.25, -0.2) is 9.50 Å². The highest BCUT2D eigenvalue weighted by Gasteiger charge is 2.22. The third-order valence-corrected chi connectivity index (χ3v) is 3.89. The SMILES string of the molecule is CCN(C(=O)c1nc2nc(C)cc(C)n2n1)c1cc(C)cc(C)c1. The molecule has 0 aliphatic heterocycles. The zero-order chi connectivity index (χ0) is 17.4. The molecule has 2 aromatic heterocycles. The molecule has 0 saturated carbocycles. The molecule has 0 spiro atoms. The summed E-state index contributed by atoms with van der Waals surface area (Å²) in [6.07, 6.45) is 0. The van der Waals surface area contributed by atoms with Crippen LogP contribution in [0.3, 0.4) is 0 Å². The van der Waals surface area contributed by atoms with E-state index >= 15 is 0 Å². The summed E-state index contributed by atoms with van der Waals surface area (Å²) in [6, 6.07) is 7.99. The number of benzene rings is 1. The molecule has 124 valence electrons. The number of rotatable bonds is 3. The molecule has 3 rings (SSSR count). The van der Waals surface area contributed by atoms with E-state index in [9.17, 15) is 4.79 Å². The second-order valence-corrected chi connectivity index (χ2v) is 6.08. The maximum atomic E-state index is 12.9. The molecule has 0 radical (unpaired) electrons. The van der Waals surface area contributed by atoms with Crippen LogP contribution in [-0.2, 0) is 0 Å². The zero-order valence-electron chi connectivity index (χ0n) is 14.7. The summed E-state index contributed by atoms with van der Waals surface area (Å²) in [5, 5.41) is 4.34. The summed E-state index contributed by atoms with van der Waals surface area (Å²) < 4.78 is 1.61. The van der Waals surface area contributed by atoms with Gasteiger partial charge < -0.3 is 4.90 Å². The molecule has 0 saturated heterocycles. The van der Waals surface area contributed by atoms with Crippen molar-refractivity contribution in [2.24, 2.45) is 0 Å². The second-order valence-electron chi connectivity index (χ2n) is 6.08. The number of aromatic nitrogens is 4. The van der Waals surface area contributed by atoms with Gasteiger partial charge >= 0.3 is 0 Å². The van der Waals surface area contributed by atoms with Gasteiger partial charge in [0.15, 0.2) is 0 Å². The van der Waals surface area contributed by atoms with Crippen LogP contribution in [0.25, 0.3) is 5.78 Å². The Morgan fingerprint density at radius 3 is 2.33 bits per heavy atom. The van der Waals surface area contributed by atoms with E-state index in [-0.39, 0.29) is 11.7 Å². The fraction of sp³-hybridized carbons (Fsp3) is 0.333. The zero-order valence-corrected chi connectivity index (χ0v) is 14.7. The number of anilines is 1. The van der Waals surface area contributed by atoms with Crippen molar-refractivity contribution in [3.8, 4) is 0 Å².